The van der Waals surface area contributed by atoms with Crippen molar-refractivity contribution in [1.82, 2.24) is 4.90 Å². The molecule has 0 radical (unpaired) electrons. The Morgan fingerprint density at radius 2 is 2.00 bits per heavy atom. The Morgan fingerprint density at radius 3 is 2.59 bits per heavy atom. The molecule has 0 aromatic carbocycles. The summed E-state index contributed by atoms with van der Waals surface area (Å²) in [6.07, 6.45) is 7.19. The Balaban J connectivity index is 2.15. The molecule has 1 heterocycles. The van der Waals surface area contributed by atoms with E-state index in [1.165, 1.54) is 25.8 Å². The molecular weight excluding hydrogens is 212 g/mol. The highest BCUT2D eigenvalue weighted by atomic mass is 16.5. The predicted octanol–water partition coefficient (Wildman–Crippen LogP) is 2.39. The molecule has 17 heavy (non-hydrogen) atoms. The Hall–Kier alpha value is -0.120. The van der Waals surface area contributed by atoms with E-state index in [0.29, 0.717) is 6.61 Å². The van der Waals surface area contributed by atoms with Gasteiger partial charge in [-0.3, -0.25) is 0 Å². The lowest BCUT2D eigenvalue weighted by Crippen LogP contribution is -2.43. The van der Waals surface area contributed by atoms with Crippen molar-refractivity contribution in [2.24, 2.45) is 5.73 Å². The average molecular weight is 242 g/mol. The third kappa shape index (κ3) is 4.94. The Labute approximate surface area is 107 Å². The molecule has 2 N–H and O–H groups in total. The van der Waals surface area contributed by atoms with Crippen molar-refractivity contribution in [2.45, 2.75) is 64.0 Å². The van der Waals surface area contributed by atoms with Crippen LogP contribution in [0.3, 0.4) is 0 Å². The first-order valence-corrected chi connectivity index (χ1v) is 7.18. The predicted molar refractivity (Wildman–Crippen MR) is 73.2 cm³/mol. The van der Waals surface area contributed by atoms with Gasteiger partial charge >= 0.3 is 0 Å². The Bertz CT molecular complexity index is 204. The molecule has 0 aliphatic carbocycles. The van der Waals surface area contributed by atoms with E-state index in [2.05, 4.69) is 25.8 Å². The molecule has 3 heteroatoms. The minimum Gasteiger partial charge on any atom is -0.379 e. The maximum atomic E-state index is 6.21. The zero-order chi connectivity index (χ0) is 12.7. The molecule has 0 aromatic rings. The normalized spacial score (nSPS) is 22.9. The average Bonchev–Trinajstić information content (AvgIpc) is 2.36. The summed E-state index contributed by atoms with van der Waals surface area (Å²) < 4.78 is 5.78. The largest absolute Gasteiger partial charge is 0.379 e. The minimum atomic E-state index is -0.113. The molecule has 1 unspecified atom stereocenters. The van der Waals surface area contributed by atoms with Crippen molar-refractivity contribution < 1.29 is 4.74 Å². The van der Waals surface area contributed by atoms with Gasteiger partial charge in [0.1, 0.15) is 0 Å². The van der Waals surface area contributed by atoms with Gasteiger partial charge in [0.05, 0.1) is 6.61 Å². The third-order valence-corrected chi connectivity index (χ3v) is 4.31. The number of hydrogen-bond donors (Lipinski definition) is 1. The monoisotopic (exact) mass is 242 g/mol. The molecule has 0 saturated carbocycles. The van der Waals surface area contributed by atoms with Crippen LogP contribution in [0.15, 0.2) is 0 Å². The molecule has 0 aromatic heterocycles. The van der Waals surface area contributed by atoms with E-state index in [9.17, 15) is 0 Å². The van der Waals surface area contributed by atoms with E-state index < -0.39 is 0 Å². The van der Waals surface area contributed by atoms with Crippen molar-refractivity contribution >= 4 is 0 Å². The van der Waals surface area contributed by atoms with E-state index in [-0.39, 0.29) is 5.54 Å². The van der Waals surface area contributed by atoms with E-state index in [1.807, 2.05) is 0 Å². The molecular formula is C14H30N2O. The Morgan fingerprint density at radius 1 is 1.29 bits per heavy atom. The zero-order valence-corrected chi connectivity index (χ0v) is 11.9. The van der Waals surface area contributed by atoms with Crippen LogP contribution in [-0.4, -0.2) is 43.3 Å². The second-order valence-corrected chi connectivity index (χ2v) is 5.54. The molecule has 1 aliphatic rings. The van der Waals surface area contributed by atoms with Crippen LogP contribution in [0, 0.1) is 0 Å². The van der Waals surface area contributed by atoms with Crippen LogP contribution >= 0.6 is 0 Å². The smallest absolute Gasteiger partial charge is 0.0645 e. The lowest BCUT2D eigenvalue weighted by Gasteiger charge is -2.33. The van der Waals surface area contributed by atoms with E-state index in [1.54, 1.807) is 0 Å². The fourth-order valence-corrected chi connectivity index (χ4v) is 2.46. The van der Waals surface area contributed by atoms with E-state index in [4.69, 9.17) is 10.5 Å². The molecule has 1 rings (SSSR count). The van der Waals surface area contributed by atoms with Crippen molar-refractivity contribution in [1.29, 1.82) is 0 Å². The second-order valence-electron chi connectivity index (χ2n) is 5.54. The van der Waals surface area contributed by atoms with Crippen LogP contribution in [0.5, 0.6) is 0 Å². The molecule has 1 aliphatic heterocycles. The highest BCUT2D eigenvalue weighted by molar-refractivity contribution is 4.80. The van der Waals surface area contributed by atoms with Crippen LogP contribution in [-0.2, 0) is 4.74 Å². The summed E-state index contributed by atoms with van der Waals surface area (Å²) in [6.45, 7) is 7.09. The number of nitrogens with zero attached hydrogens (tertiary/aromatic N) is 1. The van der Waals surface area contributed by atoms with Gasteiger partial charge in [-0.1, -0.05) is 20.3 Å². The number of hydrogen-bond acceptors (Lipinski definition) is 3. The van der Waals surface area contributed by atoms with E-state index in [0.717, 1.165) is 31.9 Å². The van der Waals surface area contributed by atoms with Gasteiger partial charge in [-0.05, 0) is 45.7 Å². The highest BCUT2D eigenvalue weighted by Gasteiger charge is 2.21. The second kappa shape index (κ2) is 7.34. The summed E-state index contributed by atoms with van der Waals surface area (Å²) in [7, 11) is 2.23. The van der Waals surface area contributed by atoms with Crippen LogP contribution in [0.4, 0.5) is 0 Å². The molecule has 1 atom stereocenters. The van der Waals surface area contributed by atoms with Gasteiger partial charge in [0, 0.05) is 18.2 Å². The maximum Gasteiger partial charge on any atom is 0.0645 e. The van der Waals surface area contributed by atoms with Crippen LogP contribution in [0.1, 0.15) is 52.4 Å². The summed E-state index contributed by atoms with van der Waals surface area (Å²) in [5.74, 6) is 0. The molecule has 1 saturated heterocycles. The van der Waals surface area contributed by atoms with Gasteiger partial charge in [-0.25, -0.2) is 0 Å². The molecule has 0 spiro atoms. The first-order chi connectivity index (χ1) is 8.11. The fourth-order valence-electron chi connectivity index (χ4n) is 2.46. The summed E-state index contributed by atoms with van der Waals surface area (Å²) in [5.41, 5.74) is 6.10. The lowest BCUT2D eigenvalue weighted by molar-refractivity contribution is 0.0581. The number of ether oxygens (including phenoxy) is 1. The number of nitrogens with two attached hydrogens (primary N) is 1. The summed E-state index contributed by atoms with van der Waals surface area (Å²) >= 11 is 0. The van der Waals surface area contributed by atoms with Crippen molar-refractivity contribution in [3.63, 3.8) is 0 Å². The van der Waals surface area contributed by atoms with Gasteiger partial charge in [0.25, 0.3) is 0 Å². The topological polar surface area (TPSA) is 38.5 Å². The lowest BCUT2D eigenvalue weighted by atomic mass is 9.95. The quantitative estimate of drug-likeness (QED) is 0.697. The molecule has 102 valence electrons. The van der Waals surface area contributed by atoms with Crippen molar-refractivity contribution in [2.75, 3.05) is 26.8 Å². The number of piperidine rings is 1. The number of rotatable bonds is 7. The first-order valence-electron chi connectivity index (χ1n) is 7.18. The zero-order valence-electron chi connectivity index (χ0n) is 11.9. The van der Waals surface area contributed by atoms with E-state index >= 15 is 0 Å². The van der Waals surface area contributed by atoms with Crippen LogP contribution in [0.25, 0.3) is 0 Å². The fraction of sp³-hybridized carbons (Fsp3) is 1.00. The maximum absolute atomic E-state index is 6.21. The summed E-state index contributed by atoms with van der Waals surface area (Å²) in [4.78, 5) is 2.47. The van der Waals surface area contributed by atoms with Gasteiger partial charge in [0.2, 0.25) is 0 Å². The van der Waals surface area contributed by atoms with Gasteiger partial charge in [-0.2, -0.15) is 0 Å². The van der Waals surface area contributed by atoms with Crippen molar-refractivity contribution in [3.05, 3.63) is 0 Å². The first kappa shape index (κ1) is 14.9. The van der Waals surface area contributed by atoms with Gasteiger partial charge in [-0.15, -0.1) is 0 Å². The van der Waals surface area contributed by atoms with Gasteiger partial charge < -0.3 is 15.4 Å². The molecule has 0 amide bonds. The standard InChI is InChI=1S/C14H30N2O/c1-4-14(15,5-2)12-17-11-9-13-8-6-7-10-16(13)3/h13H,4-12,15H2,1-3H3. The molecule has 3 nitrogen and oxygen atoms in total. The molecule has 0 bridgehead atoms. The van der Waals surface area contributed by atoms with Crippen LogP contribution < -0.4 is 5.73 Å². The third-order valence-electron chi connectivity index (χ3n) is 4.31. The summed E-state index contributed by atoms with van der Waals surface area (Å²) in [5, 5.41) is 0. The SMILES string of the molecule is CCC(N)(CC)COCCC1CCCCN1C. The number of likely N-dealkylation sites (tertiary alicyclic amines) is 1. The molecule has 1 fully saturated rings. The Kier molecular flexibility index (Phi) is 6.45. The van der Waals surface area contributed by atoms with Crippen LogP contribution in [0.2, 0.25) is 0 Å². The minimum absolute atomic E-state index is 0.113. The van der Waals surface area contributed by atoms with Gasteiger partial charge in [0.15, 0.2) is 0 Å². The summed E-state index contributed by atoms with van der Waals surface area (Å²) in [6, 6.07) is 0.721. The van der Waals surface area contributed by atoms with Crippen molar-refractivity contribution in [3.8, 4) is 0 Å². The highest BCUT2D eigenvalue weighted by Crippen LogP contribution is 2.18.